The van der Waals surface area contributed by atoms with E-state index in [9.17, 15) is 18.0 Å². The summed E-state index contributed by atoms with van der Waals surface area (Å²) in [5.74, 6) is 0.417. The molecule has 4 nitrogen and oxygen atoms in total. The summed E-state index contributed by atoms with van der Waals surface area (Å²) in [6, 6.07) is 17.5. The van der Waals surface area contributed by atoms with Crippen molar-refractivity contribution in [1.82, 2.24) is 5.32 Å². The Balaban J connectivity index is 1.93. The van der Waals surface area contributed by atoms with E-state index in [1.165, 1.54) is 12.1 Å². The number of hydrogen-bond acceptors (Lipinski definition) is 3. The van der Waals surface area contributed by atoms with E-state index in [1.54, 1.807) is 25.1 Å². The maximum Gasteiger partial charge on any atom is 0.416 e. The topological polar surface area (TPSA) is 41.6 Å². The molecule has 0 saturated carbocycles. The van der Waals surface area contributed by atoms with Gasteiger partial charge in [-0.2, -0.15) is 13.2 Å². The predicted molar refractivity (Wildman–Crippen MR) is 128 cm³/mol. The van der Waals surface area contributed by atoms with Crippen molar-refractivity contribution in [1.29, 1.82) is 0 Å². The molecule has 1 amide bonds. The first-order valence-electron chi connectivity index (χ1n) is 11.0. The average Bonchev–Trinajstić information content (AvgIpc) is 2.82. The van der Waals surface area contributed by atoms with Gasteiger partial charge >= 0.3 is 6.18 Å². The van der Waals surface area contributed by atoms with Crippen molar-refractivity contribution in [3.05, 3.63) is 94.5 Å². The van der Waals surface area contributed by atoms with Gasteiger partial charge in [0.15, 0.2) is 0 Å². The Morgan fingerprint density at radius 1 is 1.00 bits per heavy atom. The standard InChI is InChI=1S/C27H29F3N2O2/c1-18-9-14-22(17-19(18)2)32(16-15-20-10-12-21(13-11-20)27(28,29)30)26(33)25(31-3)23-7-5-6-8-24(23)34-4/h5-14,17,25,31H,15-16H2,1-4H3/t25-/m0/s1. The Kier molecular flexibility index (Phi) is 7.99. The van der Waals surface area contributed by atoms with Crippen molar-refractivity contribution >= 4 is 11.6 Å². The lowest BCUT2D eigenvalue weighted by atomic mass is 10.0. The van der Waals surface area contributed by atoms with Crippen molar-refractivity contribution in [2.24, 2.45) is 0 Å². The van der Waals surface area contributed by atoms with E-state index < -0.39 is 17.8 Å². The van der Waals surface area contributed by atoms with Gasteiger partial charge in [-0.25, -0.2) is 0 Å². The van der Waals surface area contributed by atoms with Gasteiger partial charge in [-0.1, -0.05) is 36.4 Å². The molecule has 3 aromatic rings. The molecular weight excluding hydrogens is 441 g/mol. The largest absolute Gasteiger partial charge is 0.496 e. The molecule has 0 fully saturated rings. The van der Waals surface area contributed by atoms with E-state index in [1.807, 2.05) is 50.2 Å². The molecule has 7 heteroatoms. The van der Waals surface area contributed by atoms with Crippen LogP contribution in [0.2, 0.25) is 0 Å². The van der Waals surface area contributed by atoms with E-state index in [4.69, 9.17) is 4.74 Å². The number of carbonyl (C=O) groups excluding carboxylic acids is 1. The van der Waals surface area contributed by atoms with Gasteiger partial charge < -0.3 is 15.0 Å². The van der Waals surface area contributed by atoms with Gasteiger partial charge in [-0.15, -0.1) is 0 Å². The SMILES string of the molecule is CN[C@H](C(=O)N(CCc1ccc(C(F)(F)F)cc1)c1ccc(C)c(C)c1)c1ccccc1OC. The zero-order valence-corrected chi connectivity index (χ0v) is 19.7. The van der Waals surface area contributed by atoms with Crippen LogP contribution in [-0.2, 0) is 17.4 Å². The fraction of sp³-hybridized carbons (Fsp3) is 0.296. The summed E-state index contributed by atoms with van der Waals surface area (Å²) in [4.78, 5) is 15.5. The van der Waals surface area contributed by atoms with Crippen LogP contribution < -0.4 is 15.0 Å². The second-order valence-corrected chi connectivity index (χ2v) is 8.17. The molecule has 0 unspecified atom stereocenters. The summed E-state index contributed by atoms with van der Waals surface area (Å²) >= 11 is 0. The monoisotopic (exact) mass is 470 g/mol. The quantitative estimate of drug-likeness (QED) is 0.448. The van der Waals surface area contributed by atoms with Gasteiger partial charge in [0.05, 0.1) is 12.7 Å². The first-order valence-corrected chi connectivity index (χ1v) is 11.0. The maximum atomic E-state index is 13.8. The van der Waals surface area contributed by atoms with Crippen molar-refractivity contribution in [2.45, 2.75) is 32.5 Å². The number of likely N-dealkylation sites (N-methyl/N-ethyl adjacent to an activating group) is 1. The lowest BCUT2D eigenvalue weighted by Crippen LogP contribution is -2.41. The number of anilines is 1. The second-order valence-electron chi connectivity index (χ2n) is 8.17. The molecule has 0 bridgehead atoms. The summed E-state index contributed by atoms with van der Waals surface area (Å²) in [6.45, 7) is 4.28. The van der Waals surface area contributed by atoms with Crippen LogP contribution >= 0.6 is 0 Å². The van der Waals surface area contributed by atoms with Crippen LogP contribution in [0.15, 0.2) is 66.7 Å². The fourth-order valence-electron chi connectivity index (χ4n) is 3.83. The molecule has 0 saturated heterocycles. The van der Waals surface area contributed by atoms with E-state index in [0.717, 1.165) is 28.9 Å². The number of halogens is 3. The summed E-state index contributed by atoms with van der Waals surface area (Å²) < 4.78 is 44.2. The predicted octanol–water partition coefficient (Wildman–Crippen LogP) is 5.87. The molecule has 0 radical (unpaired) electrons. The van der Waals surface area contributed by atoms with Gasteiger partial charge in [-0.3, -0.25) is 4.79 Å². The van der Waals surface area contributed by atoms with Crippen LogP contribution in [0.4, 0.5) is 18.9 Å². The number of carbonyl (C=O) groups is 1. The van der Waals surface area contributed by atoms with Gasteiger partial charge in [0.25, 0.3) is 0 Å². The number of hydrogen-bond donors (Lipinski definition) is 1. The van der Waals surface area contributed by atoms with E-state index in [2.05, 4.69) is 5.32 Å². The fourth-order valence-corrected chi connectivity index (χ4v) is 3.83. The molecule has 0 aliphatic rings. The Hall–Kier alpha value is -3.32. The van der Waals surface area contributed by atoms with E-state index >= 15 is 0 Å². The number of methoxy groups -OCH3 is 1. The van der Waals surface area contributed by atoms with Crippen LogP contribution in [0.3, 0.4) is 0 Å². The van der Waals surface area contributed by atoms with Crippen molar-refractivity contribution < 1.29 is 22.7 Å². The Morgan fingerprint density at radius 3 is 2.26 bits per heavy atom. The summed E-state index contributed by atoms with van der Waals surface area (Å²) in [7, 11) is 3.27. The highest BCUT2D eigenvalue weighted by atomic mass is 19.4. The number of alkyl halides is 3. The third kappa shape index (κ3) is 5.78. The van der Waals surface area contributed by atoms with Gasteiger partial charge in [-0.05, 0) is 74.3 Å². The minimum atomic E-state index is -4.38. The van der Waals surface area contributed by atoms with Crippen molar-refractivity contribution in [3.63, 3.8) is 0 Å². The number of aryl methyl sites for hydroxylation is 2. The van der Waals surface area contributed by atoms with Crippen LogP contribution in [0, 0.1) is 13.8 Å². The van der Waals surface area contributed by atoms with Crippen molar-refractivity contribution in [2.75, 3.05) is 25.6 Å². The third-order valence-corrected chi connectivity index (χ3v) is 5.96. The molecule has 34 heavy (non-hydrogen) atoms. The van der Waals surface area contributed by atoms with Gasteiger partial charge in [0.1, 0.15) is 11.8 Å². The zero-order chi connectivity index (χ0) is 24.9. The number of para-hydroxylation sites is 1. The van der Waals surface area contributed by atoms with Gasteiger partial charge in [0.2, 0.25) is 5.91 Å². The lowest BCUT2D eigenvalue weighted by Gasteiger charge is -2.29. The minimum Gasteiger partial charge on any atom is -0.496 e. The number of ether oxygens (including phenoxy) is 1. The molecule has 1 atom stereocenters. The Morgan fingerprint density at radius 2 is 1.68 bits per heavy atom. The minimum absolute atomic E-state index is 0.179. The van der Waals surface area contributed by atoms with Crippen molar-refractivity contribution in [3.8, 4) is 5.75 Å². The molecule has 0 aliphatic heterocycles. The number of nitrogens with one attached hydrogen (secondary N) is 1. The number of benzene rings is 3. The van der Waals surface area contributed by atoms with Gasteiger partial charge in [0, 0.05) is 17.8 Å². The van der Waals surface area contributed by atoms with E-state index in [0.29, 0.717) is 29.8 Å². The van der Waals surface area contributed by atoms with E-state index in [-0.39, 0.29) is 5.91 Å². The van der Waals surface area contributed by atoms with Crippen LogP contribution in [0.1, 0.15) is 33.9 Å². The average molecular weight is 471 g/mol. The molecule has 3 rings (SSSR count). The zero-order valence-electron chi connectivity index (χ0n) is 19.7. The Bertz CT molecular complexity index is 1130. The van der Waals surface area contributed by atoms with Crippen LogP contribution in [0.25, 0.3) is 0 Å². The first-order chi connectivity index (χ1) is 16.2. The summed E-state index contributed by atoms with van der Waals surface area (Å²) in [6.07, 6.45) is -3.98. The number of nitrogens with zero attached hydrogens (tertiary/aromatic N) is 1. The highest BCUT2D eigenvalue weighted by molar-refractivity contribution is 5.98. The summed E-state index contributed by atoms with van der Waals surface area (Å²) in [5, 5.41) is 3.10. The van der Waals surface area contributed by atoms with Crippen LogP contribution in [0.5, 0.6) is 5.75 Å². The highest BCUT2D eigenvalue weighted by Crippen LogP contribution is 2.30. The maximum absolute atomic E-state index is 13.8. The Labute approximate surface area is 198 Å². The van der Waals surface area contributed by atoms with Crippen LogP contribution in [-0.4, -0.2) is 26.6 Å². The molecule has 0 aromatic heterocycles. The molecule has 1 N–H and O–H groups in total. The molecule has 3 aromatic carbocycles. The molecule has 180 valence electrons. The normalized spacial score (nSPS) is 12.3. The number of amides is 1. The smallest absolute Gasteiger partial charge is 0.416 e. The molecule has 0 spiro atoms. The summed E-state index contributed by atoms with van der Waals surface area (Å²) in [5.41, 5.74) is 3.62. The number of rotatable bonds is 8. The third-order valence-electron chi connectivity index (χ3n) is 5.96. The molecule has 0 heterocycles. The first kappa shape index (κ1) is 25.3. The highest BCUT2D eigenvalue weighted by Gasteiger charge is 2.30. The molecule has 0 aliphatic carbocycles. The molecular formula is C27H29F3N2O2. The second kappa shape index (κ2) is 10.7. The lowest BCUT2D eigenvalue weighted by molar-refractivity contribution is -0.137.